The van der Waals surface area contributed by atoms with Gasteiger partial charge in [-0.05, 0) is 6.92 Å². The van der Waals surface area contributed by atoms with E-state index in [4.69, 9.17) is 5.11 Å². The Labute approximate surface area is 118 Å². The van der Waals surface area contributed by atoms with E-state index in [1.807, 2.05) is 0 Å². The van der Waals surface area contributed by atoms with Gasteiger partial charge in [0.2, 0.25) is 5.82 Å². The van der Waals surface area contributed by atoms with E-state index in [9.17, 15) is 9.59 Å². The summed E-state index contributed by atoms with van der Waals surface area (Å²) in [5, 5.41) is 13.7. The number of aromatic carboxylic acids is 1. The number of nitrogens with zero attached hydrogens (tertiary/aromatic N) is 1. The molecule has 2 aromatic rings. The van der Waals surface area contributed by atoms with Gasteiger partial charge in [-0.3, -0.25) is 9.78 Å². The number of hydrogen-bond donors (Lipinski definition) is 3. The highest BCUT2D eigenvalue weighted by atomic mass is 32.1. The molecule has 7 heteroatoms. The van der Waals surface area contributed by atoms with Crippen LogP contribution in [0.5, 0.6) is 0 Å². The van der Waals surface area contributed by atoms with Crippen LogP contribution in [0.2, 0.25) is 0 Å². The lowest BCUT2D eigenvalue weighted by atomic mass is 10.2. The van der Waals surface area contributed by atoms with Gasteiger partial charge in [0, 0.05) is 24.1 Å². The number of carboxylic acids is 1. The van der Waals surface area contributed by atoms with Gasteiger partial charge in [-0.25, -0.2) is 9.78 Å². The zero-order valence-electron chi connectivity index (χ0n) is 10.8. The number of carboxylic acid groups (broad SMARTS) is 1. The van der Waals surface area contributed by atoms with Gasteiger partial charge in [-0.2, -0.15) is 0 Å². The van der Waals surface area contributed by atoms with Crippen LogP contribution >= 0.6 is 11.3 Å². The van der Waals surface area contributed by atoms with Gasteiger partial charge in [-0.1, -0.05) is 5.92 Å². The third-order valence-corrected chi connectivity index (χ3v) is 3.52. The number of fused-ring (bicyclic) bond motifs is 1. The van der Waals surface area contributed by atoms with E-state index < -0.39 is 11.5 Å². The zero-order valence-corrected chi connectivity index (χ0v) is 11.6. The molecule has 0 aliphatic heterocycles. The molecule has 0 bridgehead atoms. The average molecular weight is 289 g/mol. The SMILES string of the molecule is CC#C/C=C(\NC)c1csc2c(=O)[nH]c(C(=O)O)nc12. The summed E-state index contributed by atoms with van der Waals surface area (Å²) in [6.45, 7) is 1.71. The molecule has 0 saturated heterocycles. The Morgan fingerprint density at radius 2 is 2.35 bits per heavy atom. The number of allylic oxidation sites excluding steroid dienone is 1. The quantitative estimate of drug-likeness (QED) is 0.740. The summed E-state index contributed by atoms with van der Waals surface area (Å²) in [7, 11) is 1.72. The largest absolute Gasteiger partial charge is 0.475 e. The monoisotopic (exact) mass is 289 g/mol. The molecule has 0 amide bonds. The minimum atomic E-state index is -1.27. The Bertz CT molecular complexity index is 821. The van der Waals surface area contributed by atoms with Crippen molar-refractivity contribution >= 4 is 33.2 Å². The predicted molar refractivity (Wildman–Crippen MR) is 77.7 cm³/mol. The first-order chi connectivity index (χ1) is 9.58. The summed E-state index contributed by atoms with van der Waals surface area (Å²) >= 11 is 1.21. The summed E-state index contributed by atoms with van der Waals surface area (Å²) < 4.78 is 0.385. The van der Waals surface area contributed by atoms with E-state index >= 15 is 0 Å². The number of aromatic amines is 1. The second kappa shape index (κ2) is 5.59. The van der Waals surface area contributed by atoms with E-state index in [1.165, 1.54) is 11.3 Å². The smallest absolute Gasteiger partial charge is 0.372 e. The van der Waals surface area contributed by atoms with Crippen LogP contribution in [-0.2, 0) is 0 Å². The van der Waals surface area contributed by atoms with Crippen LogP contribution in [0.4, 0.5) is 0 Å². The predicted octanol–water partition coefficient (Wildman–Crippen LogP) is 1.27. The first-order valence-electron chi connectivity index (χ1n) is 5.63. The molecule has 2 rings (SSSR count). The highest BCUT2D eigenvalue weighted by molar-refractivity contribution is 7.17. The number of thiophene rings is 1. The number of rotatable bonds is 3. The van der Waals surface area contributed by atoms with Crippen LogP contribution in [0, 0.1) is 11.8 Å². The molecular weight excluding hydrogens is 278 g/mol. The Hall–Kier alpha value is -2.59. The topological polar surface area (TPSA) is 95.1 Å². The van der Waals surface area contributed by atoms with Crippen molar-refractivity contribution < 1.29 is 9.90 Å². The molecule has 20 heavy (non-hydrogen) atoms. The molecule has 2 aromatic heterocycles. The number of hydrogen-bond acceptors (Lipinski definition) is 5. The molecule has 0 saturated carbocycles. The van der Waals surface area contributed by atoms with Gasteiger partial charge in [-0.15, -0.1) is 17.3 Å². The molecule has 0 atom stereocenters. The van der Waals surface area contributed by atoms with Gasteiger partial charge < -0.3 is 10.4 Å². The van der Waals surface area contributed by atoms with Gasteiger partial charge >= 0.3 is 5.97 Å². The molecule has 0 aromatic carbocycles. The van der Waals surface area contributed by atoms with Crippen LogP contribution in [0.1, 0.15) is 23.1 Å². The van der Waals surface area contributed by atoms with Crippen LogP contribution < -0.4 is 10.9 Å². The standard InChI is InChI=1S/C13H11N3O3S/c1-3-4-5-8(14-2)7-6-20-10-9(7)15-11(13(18)19)16-12(10)17/h5-6,14H,1-2H3,(H,18,19)(H,15,16,17)/b8-5-. The molecule has 3 N–H and O–H groups in total. The molecule has 0 fully saturated rings. The highest BCUT2D eigenvalue weighted by Gasteiger charge is 2.16. The minimum absolute atomic E-state index is 0.356. The average Bonchev–Trinajstić information content (AvgIpc) is 2.84. The van der Waals surface area contributed by atoms with E-state index in [0.717, 1.165) is 0 Å². The summed E-state index contributed by atoms with van der Waals surface area (Å²) in [5.41, 5.74) is 1.24. The Balaban J connectivity index is 2.74. The van der Waals surface area contributed by atoms with E-state index in [1.54, 1.807) is 25.4 Å². The maximum Gasteiger partial charge on any atom is 0.372 e. The second-order valence-corrected chi connectivity index (χ2v) is 4.63. The minimum Gasteiger partial charge on any atom is -0.475 e. The van der Waals surface area contributed by atoms with Crippen LogP contribution in [0.15, 0.2) is 16.3 Å². The van der Waals surface area contributed by atoms with Crippen molar-refractivity contribution in [2.75, 3.05) is 7.05 Å². The summed E-state index contributed by atoms with van der Waals surface area (Å²) in [4.78, 5) is 29.0. The second-order valence-electron chi connectivity index (χ2n) is 3.75. The van der Waals surface area contributed by atoms with E-state index in [2.05, 4.69) is 27.1 Å². The van der Waals surface area contributed by atoms with E-state index in [-0.39, 0.29) is 5.82 Å². The van der Waals surface area contributed by atoms with Crippen molar-refractivity contribution in [1.29, 1.82) is 0 Å². The lowest BCUT2D eigenvalue weighted by molar-refractivity contribution is 0.0683. The Morgan fingerprint density at radius 3 is 2.95 bits per heavy atom. The fourth-order valence-electron chi connectivity index (χ4n) is 1.65. The zero-order chi connectivity index (χ0) is 14.7. The van der Waals surface area contributed by atoms with Crippen LogP contribution in [0.25, 0.3) is 15.9 Å². The van der Waals surface area contributed by atoms with Gasteiger partial charge in [0.25, 0.3) is 5.56 Å². The van der Waals surface area contributed by atoms with Crippen LogP contribution in [-0.4, -0.2) is 28.1 Å². The number of nitrogens with one attached hydrogen (secondary N) is 2. The van der Waals surface area contributed by atoms with Crippen molar-refractivity contribution in [3.8, 4) is 11.8 Å². The molecule has 6 nitrogen and oxygen atoms in total. The molecule has 0 radical (unpaired) electrons. The molecule has 0 spiro atoms. The maximum absolute atomic E-state index is 11.8. The maximum atomic E-state index is 11.8. The summed E-state index contributed by atoms with van der Waals surface area (Å²) in [6.07, 6.45) is 1.66. The van der Waals surface area contributed by atoms with Crippen molar-refractivity contribution in [2.45, 2.75) is 6.92 Å². The highest BCUT2D eigenvalue weighted by Crippen LogP contribution is 2.25. The lowest BCUT2D eigenvalue weighted by Crippen LogP contribution is -2.15. The fraction of sp³-hybridized carbons (Fsp3) is 0.154. The normalized spacial score (nSPS) is 11.0. The lowest BCUT2D eigenvalue weighted by Gasteiger charge is -2.03. The van der Waals surface area contributed by atoms with Crippen molar-refractivity contribution in [2.24, 2.45) is 0 Å². The molecule has 0 aliphatic rings. The fourth-order valence-corrected chi connectivity index (χ4v) is 2.55. The van der Waals surface area contributed by atoms with E-state index in [0.29, 0.717) is 21.5 Å². The van der Waals surface area contributed by atoms with Gasteiger partial charge in [0.15, 0.2) is 0 Å². The number of carbonyl (C=O) groups is 1. The number of aromatic nitrogens is 2. The number of H-pyrrole nitrogens is 1. The first kappa shape index (κ1) is 13.8. The molecule has 0 unspecified atom stereocenters. The molecular formula is C13H11N3O3S. The Morgan fingerprint density at radius 1 is 1.60 bits per heavy atom. The van der Waals surface area contributed by atoms with Gasteiger partial charge in [0.05, 0.1) is 11.2 Å². The first-order valence-corrected chi connectivity index (χ1v) is 6.51. The third kappa shape index (κ3) is 2.41. The Kier molecular flexibility index (Phi) is 3.86. The molecule has 102 valence electrons. The van der Waals surface area contributed by atoms with Gasteiger partial charge in [0.1, 0.15) is 4.70 Å². The third-order valence-electron chi connectivity index (χ3n) is 2.55. The van der Waals surface area contributed by atoms with Crippen molar-refractivity contribution in [3.63, 3.8) is 0 Å². The van der Waals surface area contributed by atoms with Crippen molar-refractivity contribution in [1.82, 2.24) is 15.3 Å². The molecule has 2 heterocycles. The van der Waals surface area contributed by atoms with Crippen LogP contribution in [0.3, 0.4) is 0 Å². The summed E-state index contributed by atoms with van der Waals surface area (Å²) in [6, 6.07) is 0. The van der Waals surface area contributed by atoms with Crippen molar-refractivity contribution in [3.05, 3.63) is 33.2 Å². The molecule has 0 aliphatic carbocycles. The summed E-state index contributed by atoms with van der Waals surface area (Å²) in [5.74, 6) is 3.89.